The van der Waals surface area contributed by atoms with Crippen LogP contribution in [0, 0.1) is 13.8 Å². The molecule has 0 bridgehead atoms. The second-order valence-corrected chi connectivity index (χ2v) is 4.86. The highest BCUT2D eigenvalue weighted by Crippen LogP contribution is 2.32. The minimum Gasteiger partial charge on any atom is -0.478 e. The smallest absolute Gasteiger partial charge is 0.341 e. The summed E-state index contributed by atoms with van der Waals surface area (Å²) >= 11 is 1.23. The zero-order chi connectivity index (χ0) is 14.6. The number of nitrogens with one attached hydrogen (secondary N) is 1. The SMILES string of the molecule is COC(=O)c1c(NC(=O)C=CC(=O)O)sc(C)c1C. The maximum atomic E-state index is 11.6. The molecule has 1 amide bonds. The van der Waals surface area contributed by atoms with Gasteiger partial charge in [-0.15, -0.1) is 11.3 Å². The summed E-state index contributed by atoms with van der Waals surface area (Å²) in [5, 5.41) is 11.2. The third-order valence-corrected chi connectivity index (χ3v) is 3.51. The van der Waals surface area contributed by atoms with Gasteiger partial charge in [0, 0.05) is 17.0 Å². The van der Waals surface area contributed by atoms with Gasteiger partial charge in [-0.25, -0.2) is 9.59 Å². The number of esters is 1. The first-order valence-corrected chi connectivity index (χ1v) is 6.08. The predicted octanol–water partition coefficient (Wildman–Crippen LogP) is 1.73. The number of ether oxygens (including phenoxy) is 1. The first-order chi connectivity index (χ1) is 8.86. The first-order valence-electron chi connectivity index (χ1n) is 5.27. The summed E-state index contributed by atoms with van der Waals surface area (Å²) in [6.45, 7) is 3.57. The Hall–Kier alpha value is -2.15. The maximum absolute atomic E-state index is 11.6. The molecule has 6 nitrogen and oxygen atoms in total. The number of amides is 1. The Kier molecular flexibility index (Phi) is 4.82. The van der Waals surface area contributed by atoms with Crippen LogP contribution < -0.4 is 5.32 Å². The van der Waals surface area contributed by atoms with Crippen LogP contribution in [0.25, 0.3) is 0 Å². The van der Waals surface area contributed by atoms with Crippen LogP contribution >= 0.6 is 11.3 Å². The van der Waals surface area contributed by atoms with Crippen molar-refractivity contribution >= 4 is 34.2 Å². The van der Waals surface area contributed by atoms with Crippen molar-refractivity contribution in [3.63, 3.8) is 0 Å². The summed E-state index contributed by atoms with van der Waals surface area (Å²) < 4.78 is 4.66. The second-order valence-electron chi connectivity index (χ2n) is 3.64. The third-order valence-electron chi connectivity index (χ3n) is 2.39. The molecule has 0 saturated heterocycles. The Balaban J connectivity index is 3.02. The Morgan fingerprint density at radius 1 is 1.26 bits per heavy atom. The number of aryl methyl sites for hydroxylation is 1. The molecule has 0 aromatic carbocycles. The average Bonchev–Trinajstić information content (AvgIpc) is 2.61. The Morgan fingerprint density at radius 2 is 1.89 bits per heavy atom. The fourth-order valence-corrected chi connectivity index (χ4v) is 2.41. The van der Waals surface area contributed by atoms with Gasteiger partial charge in [-0.2, -0.15) is 0 Å². The topological polar surface area (TPSA) is 92.7 Å². The number of hydrogen-bond donors (Lipinski definition) is 2. The maximum Gasteiger partial charge on any atom is 0.341 e. The summed E-state index contributed by atoms with van der Waals surface area (Å²) in [7, 11) is 1.25. The van der Waals surface area contributed by atoms with E-state index >= 15 is 0 Å². The highest BCUT2D eigenvalue weighted by Gasteiger charge is 2.20. The van der Waals surface area contributed by atoms with Crippen LogP contribution in [0.4, 0.5) is 5.00 Å². The largest absolute Gasteiger partial charge is 0.478 e. The minimum absolute atomic E-state index is 0.294. The molecule has 2 N–H and O–H groups in total. The van der Waals surface area contributed by atoms with Crippen LogP contribution in [0.3, 0.4) is 0 Å². The molecule has 102 valence electrons. The lowest BCUT2D eigenvalue weighted by molar-refractivity contribution is -0.131. The van der Waals surface area contributed by atoms with Crippen molar-refractivity contribution in [2.24, 2.45) is 0 Å². The van der Waals surface area contributed by atoms with E-state index in [1.807, 2.05) is 6.92 Å². The molecule has 0 radical (unpaired) electrons. The molecule has 0 aliphatic heterocycles. The van der Waals surface area contributed by atoms with Crippen LogP contribution in [-0.2, 0) is 14.3 Å². The first kappa shape index (κ1) is 14.9. The van der Waals surface area contributed by atoms with E-state index in [0.29, 0.717) is 10.6 Å². The molecular weight excluding hydrogens is 270 g/mol. The zero-order valence-corrected chi connectivity index (χ0v) is 11.5. The van der Waals surface area contributed by atoms with E-state index in [1.54, 1.807) is 6.92 Å². The number of carbonyl (C=O) groups excluding carboxylic acids is 2. The highest BCUT2D eigenvalue weighted by molar-refractivity contribution is 7.16. The van der Waals surface area contributed by atoms with Crippen molar-refractivity contribution in [1.82, 2.24) is 0 Å². The second kappa shape index (κ2) is 6.14. The van der Waals surface area contributed by atoms with E-state index in [9.17, 15) is 14.4 Å². The summed E-state index contributed by atoms with van der Waals surface area (Å²) in [5.74, 6) is -2.38. The molecule has 0 aliphatic carbocycles. The molecule has 1 heterocycles. The summed E-state index contributed by atoms with van der Waals surface area (Å²) in [5.41, 5.74) is 1.02. The normalized spacial score (nSPS) is 10.5. The molecule has 1 aromatic rings. The van der Waals surface area contributed by atoms with E-state index in [4.69, 9.17) is 5.11 Å². The van der Waals surface area contributed by atoms with E-state index in [0.717, 1.165) is 22.6 Å². The van der Waals surface area contributed by atoms with Crippen molar-refractivity contribution in [1.29, 1.82) is 0 Å². The van der Waals surface area contributed by atoms with E-state index in [-0.39, 0.29) is 0 Å². The van der Waals surface area contributed by atoms with Gasteiger partial charge in [0.1, 0.15) is 5.00 Å². The van der Waals surface area contributed by atoms with Crippen LogP contribution in [0.2, 0.25) is 0 Å². The Labute approximate surface area is 113 Å². The van der Waals surface area contributed by atoms with Crippen LogP contribution in [0.5, 0.6) is 0 Å². The molecule has 0 unspecified atom stereocenters. The molecular formula is C12H13NO5S. The van der Waals surface area contributed by atoms with Gasteiger partial charge in [-0.05, 0) is 19.4 Å². The van der Waals surface area contributed by atoms with E-state index in [2.05, 4.69) is 10.1 Å². The number of anilines is 1. The molecule has 0 aliphatic rings. The van der Waals surface area contributed by atoms with E-state index in [1.165, 1.54) is 18.4 Å². The molecule has 0 saturated carbocycles. The van der Waals surface area contributed by atoms with Crippen LogP contribution in [0.15, 0.2) is 12.2 Å². The van der Waals surface area contributed by atoms with Gasteiger partial charge in [0.25, 0.3) is 0 Å². The van der Waals surface area contributed by atoms with Gasteiger partial charge in [0.05, 0.1) is 12.7 Å². The molecule has 19 heavy (non-hydrogen) atoms. The molecule has 0 spiro atoms. The zero-order valence-electron chi connectivity index (χ0n) is 10.6. The number of hydrogen-bond acceptors (Lipinski definition) is 5. The van der Waals surface area contributed by atoms with Gasteiger partial charge >= 0.3 is 11.9 Å². The minimum atomic E-state index is -1.22. The molecule has 1 aromatic heterocycles. The number of methoxy groups -OCH3 is 1. The van der Waals surface area contributed by atoms with Crippen molar-refractivity contribution < 1.29 is 24.2 Å². The van der Waals surface area contributed by atoms with Crippen LogP contribution in [-0.4, -0.2) is 30.1 Å². The fourth-order valence-electron chi connectivity index (χ4n) is 1.36. The predicted molar refractivity (Wildman–Crippen MR) is 70.5 cm³/mol. The standard InChI is InChI=1S/C12H13NO5S/c1-6-7(2)19-11(10(6)12(17)18-3)13-8(14)4-5-9(15)16/h4-5H,1-3H3,(H,13,14)(H,15,16). The number of carboxylic acids is 1. The number of carbonyl (C=O) groups is 3. The quantitative estimate of drug-likeness (QED) is 0.648. The van der Waals surface area contributed by atoms with Crippen molar-refractivity contribution in [3.05, 3.63) is 28.2 Å². The fraction of sp³-hybridized carbons (Fsp3) is 0.250. The summed E-state index contributed by atoms with van der Waals surface area (Å²) in [6.07, 6.45) is 1.61. The van der Waals surface area contributed by atoms with Gasteiger partial charge in [-0.1, -0.05) is 0 Å². The lowest BCUT2D eigenvalue weighted by Crippen LogP contribution is -2.12. The number of thiophene rings is 1. The number of rotatable bonds is 4. The Bertz CT molecular complexity index is 559. The van der Waals surface area contributed by atoms with Crippen molar-refractivity contribution in [2.45, 2.75) is 13.8 Å². The summed E-state index contributed by atoms with van der Waals surface area (Å²) in [6, 6.07) is 0. The highest BCUT2D eigenvalue weighted by atomic mass is 32.1. The van der Waals surface area contributed by atoms with Crippen molar-refractivity contribution in [3.8, 4) is 0 Å². The van der Waals surface area contributed by atoms with Crippen LogP contribution in [0.1, 0.15) is 20.8 Å². The number of aliphatic carboxylic acids is 1. The molecule has 1 rings (SSSR count). The van der Waals surface area contributed by atoms with E-state index < -0.39 is 17.8 Å². The third kappa shape index (κ3) is 3.65. The Morgan fingerprint density at radius 3 is 2.42 bits per heavy atom. The lowest BCUT2D eigenvalue weighted by Gasteiger charge is -2.03. The van der Waals surface area contributed by atoms with Crippen molar-refractivity contribution in [2.75, 3.05) is 12.4 Å². The van der Waals surface area contributed by atoms with Gasteiger partial charge < -0.3 is 15.2 Å². The monoisotopic (exact) mass is 283 g/mol. The van der Waals surface area contributed by atoms with Gasteiger partial charge in [0.2, 0.25) is 5.91 Å². The lowest BCUT2D eigenvalue weighted by atomic mass is 10.1. The summed E-state index contributed by atoms with van der Waals surface area (Å²) in [4.78, 5) is 34.3. The number of carboxylic acid groups (broad SMARTS) is 1. The molecule has 7 heteroatoms. The van der Waals surface area contributed by atoms with Gasteiger partial charge in [-0.3, -0.25) is 4.79 Å². The molecule has 0 fully saturated rings. The average molecular weight is 283 g/mol. The van der Waals surface area contributed by atoms with Gasteiger partial charge in [0.15, 0.2) is 0 Å². The molecule has 0 atom stereocenters.